The van der Waals surface area contributed by atoms with Gasteiger partial charge in [-0.3, -0.25) is 0 Å². The van der Waals surface area contributed by atoms with Gasteiger partial charge in [0.25, 0.3) is 0 Å². The van der Waals surface area contributed by atoms with Crippen LogP contribution in [0.1, 0.15) is 32.7 Å². The van der Waals surface area contributed by atoms with E-state index in [0.29, 0.717) is 12.5 Å². The molecule has 0 aromatic heterocycles. The van der Waals surface area contributed by atoms with Crippen LogP contribution in [-0.4, -0.2) is 18.5 Å². The topological polar surface area (TPSA) is 52.6 Å². The summed E-state index contributed by atoms with van der Waals surface area (Å²) in [5.41, 5.74) is 1.11. The Morgan fingerprint density at radius 1 is 0.759 bits per heavy atom. The number of carbonyl (C=O) groups is 2. The summed E-state index contributed by atoms with van der Waals surface area (Å²) in [4.78, 5) is 24.8. The minimum atomic E-state index is -0.910. The minimum Gasteiger partial charge on any atom is -0.462 e. The molecule has 0 amide bonds. The first-order valence-corrected chi connectivity index (χ1v) is 9.01. The van der Waals surface area contributed by atoms with Crippen LogP contribution in [0.2, 0.25) is 0 Å². The summed E-state index contributed by atoms with van der Waals surface area (Å²) in [6.45, 7) is 0.187. The molecule has 29 heavy (non-hydrogen) atoms. The SMILES string of the molecule is O=C(OCCCc1ccccc1)c1ccccc1C(=O)Oc1cc(F)cc(F)c1. The molecule has 0 saturated carbocycles. The normalized spacial score (nSPS) is 10.4. The van der Waals surface area contributed by atoms with Crippen molar-refractivity contribution in [2.24, 2.45) is 0 Å². The summed E-state index contributed by atoms with van der Waals surface area (Å²) in [6, 6.07) is 18.2. The van der Waals surface area contributed by atoms with Gasteiger partial charge < -0.3 is 9.47 Å². The molecule has 0 aliphatic rings. The molecular formula is C23H18F2O4. The first kappa shape index (κ1) is 20.2. The maximum atomic E-state index is 13.3. The number of ether oxygens (including phenoxy) is 2. The van der Waals surface area contributed by atoms with E-state index in [9.17, 15) is 18.4 Å². The summed E-state index contributed by atoms with van der Waals surface area (Å²) < 4.78 is 36.8. The van der Waals surface area contributed by atoms with Crippen LogP contribution in [0.5, 0.6) is 5.75 Å². The summed E-state index contributed by atoms with van der Waals surface area (Å²) in [6.07, 6.45) is 1.38. The number of rotatable bonds is 7. The first-order valence-electron chi connectivity index (χ1n) is 9.01. The molecule has 6 heteroatoms. The Balaban J connectivity index is 1.62. The third kappa shape index (κ3) is 5.72. The van der Waals surface area contributed by atoms with Crippen molar-refractivity contribution >= 4 is 11.9 Å². The van der Waals surface area contributed by atoms with E-state index in [1.54, 1.807) is 12.1 Å². The minimum absolute atomic E-state index is 0.0223. The van der Waals surface area contributed by atoms with Crippen LogP contribution in [-0.2, 0) is 11.2 Å². The molecule has 0 atom stereocenters. The van der Waals surface area contributed by atoms with Crippen LogP contribution >= 0.6 is 0 Å². The van der Waals surface area contributed by atoms with E-state index in [-0.39, 0.29) is 23.5 Å². The van der Waals surface area contributed by atoms with Crippen LogP contribution in [0.15, 0.2) is 72.8 Å². The Labute approximate surface area is 166 Å². The molecule has 0 saturated heterocycles. The third-order valence-corrected chi connectivity index (χ3v) is 4.10. The molecule has 0 N–H and O–H groups in total. The molecule has 148 valence electrons. The van der Waals surface area contributed by atoms with Gasteiger partial charge in [0.1, 0.15) is 17.4 Å². The van der Waals surface area contributed by atoms with E-state index < -0.39 is 23.6 Å². The third-order valence-electron chi connectivity index (χ3n) is 4.10. The molecule has 4 nitrogen and oxygen atoms in total. The van der Waals surface area contributed by atoms with Gasteiger partial charge in [0, 0.05) is 18.2 Å². The molecule has 0 fully saturated rings. The molecule has 3 aromatic rings. The Kier molecular flexibility index (Phi) is 6.68. The van der Waals surface area contributed by atoms with Gasteiger partial charge in [0.05, 0.1) is 17.7 Å². The lowest BCUT2D eigenvalue weighted by molar-refractivity contribution is 0.0492. The average molecular weight is 396 g/mol. The lowest BCUT2D eigenvalue weighted by Gasteiger charge is -2.10. The van der Waals surface area contributed by atoms with Crippen LogP contribution in [0.4, 0.5) is 8.78 Å². The van der Waals surface area contributed by atoms with E-state index in [0.717, 1.165) is 24.1 Å². The van der Waals surface area contributed by atoms with Gasteiger partial charge in [0.2, 0.25) is 0 Å². The largest absolute Gasteiger partial charge is 0.462 e. The zero-order chi connectivity index (χ0) is 20.6. The summed E-state index contributed by atoms with van der Waals surface area (Å²) in [7, 11) is 0. The smallest absolute Gasteiger partial charge is 0.344 e. The van der Waals surface area contributed by atoms with E-state index in [1.165, 1.54) is 12.1 Å². The van der Waals surface area contributed by atoms with Crippen molar-refractivity contribution in [2.45, 2.75) is 12.8 Å². The number of hydrogen-bond acceptors (Lipinski definition) is 4. The highest BCUT2D eigenvalue weighted by Gasteiger charge is 2.20. The number of halogens is 2. The highest BCUT2D eigenvalue weighted by Crippen LogP contribution is 2.19. The van der Waals surface area contributed by atoms with Crippen LogP contribution in [0, 0.1) is 11.6 Å². The molecule has 0 unspecified atom stereocenters. The van der Waals surface area contributed by atoms with Crippen molar-refractivity contribution in [2.75, 3.05) is 6.61 Å². The molecule has 0 aliphatic carbocycles. The zero-order valence-electron chi connectivity index (χ0n) is 15.4. The molecule has 0 heterocycles. The average Bonchev–Trinajstić information content (AvgIpc) is 2.71. The number of esters is 2. The molecule has 0 spiro atoms. The predicted octanol–water partition coefficient (Wildman–Crippen LogP) is 4.97. The van der Waals surface area contributed by atoms with Gasteiger partial charge >= 0.3 is 11.9 Å². The Morgan fingerprint density at radius 2 is 1.34 bits per heavy atom. The van der Waals surface area contributed by atoms with Gasteiger partial charge in [-0.1, -0.05) is 42.5 Å². The first-order chi connectivity index (χ1) is 14.0. The highest BCUT2D eigenvalue weighted by atomic mass is 19.1. The molecular weight excluding hydrogens is 378 g/mol. The second kappa shape index (κ2) is 9.59. The van der Waals surface area contributed by atoms with Crippen molar-refractivity contribution in [3.8, 4) is 5.75 Å². The monoisotopic (exact) mass is 396 g/mol. The fourth-order valence-electron chi connectivity index (χ4n) is 2.75. The van der Waals surface area contributed by atoms with Gasteiger partial charge in [-0.2, -0.15) is 0 Å². The zero-order valence-corrected chi connectivity index (χ0v) is 15.4. The van der Waals surface area contributed by atoms with Crippen molar-refractivity contribution < 1.29 is 27.8 Å². The predicted molar refractivity (Wildman–Crippen MR) is 103 cm³/mol. The lowest BCUT2D eigenvalue weighted by atomic mass is 10.1. The fourth-order valence-corrected chi connectivity index (χ4v) is 2.75. The molecule has 0 bridgehead atoms. The van der Waals surface area contributed by atoms with Crippen molar-refractivity contribution in [1.29, 1.82) is 0 Å². The Bertz CT molecular complexity index is 983. The standard InChI is InChI=1S/C23H18F2O4/c24-17-13-18(25)15-19(14-17)29-23(27)21-11-5-4-10-20(21)22(26)28-12-6-9-16-7-2-1-3-8-16/h1-5,7-8,10-11,13-15H,6,9,12H2. The lowest BCUT2D eigenvalue weighted by Crippen LogP contribution is -2.16. The second-order valence-electron chi connectivity index (χ2n) is 6.27. The summed E-state index contributed by atoms with van der Waals surface area (Å²) in [5.74, 6) is -3.63. The molecule has 0 radical (unpaired) electrons. The van der Waals surface area contributed by atoms with Gasteiger partial charge in [-0.25, -0.2) is 18.4 Å². The van der Waals surface area contributed by atoms with E-state index in [1.807, 2.05) is 30.3 Å². The molecule has 3 aromatic carbocycles. The van der Waals surface area contributed by atoms with Crippen LogP contribution in [0.25, 0.3) is 0 Å². The summed E-state index contributed by atoms with van der Waals surface area (Å²) in [5, 5.41) is 0. The number of carbonyl (C=O) groups excluding carboxylic acids is 2. The van der Waals surface area contributed by atoms with Crippen molar-refractivity contribution in [3.05, 3.63) is 101 Å². The van der Waals surface area contributed by atoms with E-state index >= 15 is 0 Å². The summed E-state index contributed by atoms with van der Waals surface area (Å²) >= 11 is 0. The van der Waals surface area contributed by atoms with Crippen molar-refractivity contribution in [3.63, 3.8) is 0 Å². The number of aryl methyl sites for hydroxylation is 1. The van der Waals surface area contributed by atoms with Crippen molar-refractivity contribution in [1.82, 2.24) is 0 Å². The van der Waals surface area contributed by atoms with E-state index in [4.69, 9.17) is 9.47 Å². The van der Waals surface area contributed by atoms with Gasteiger partial charge in [0.15, 0.2) is 0 Å². The fraction of sp³-hybridized carbons (Fsp3) is 0.130. The maximum Gasteiger partial charge on any atom is 0.344 e. The van der Waals surface area contributed by atoms with Gasteiger partial charge in [-0.05, 0) is 30.5 Å². The Hall–Kier alpha value is -3.54. The van der Waals surface area contributed by atoms with Crippen LogP contribution in [0.3, 0.4) is 0 Å². The maximum absolute atomic E-state index is 13.3. The number of benzene rings is 3. The van der Waals surface area contributed by atoms with E-state index in [2.05, 4.69) is 0 Å². The quantitative estimate of drug-likeness (QED) is 0.321. The highest BCUT2D eigenvalue weighted by molar-refractivity contribution is 6.03. The van der Waals surface area contributed by atoms with Gasteiger partial charge in [-0.15, -0.1) is 0 Å². The Morgan fingerprint density at radius 3 is 2.00 bits per heavy atom. The molecule has 3 rings (SSSR count). The second-order valence-corrected chi connectivity index (χ2v) is 6.27. The van der Waals surface area contributed by atoms with Crippen LogP contribution < -0.4 is 4.74 Å². The number of hydrogen-bond donors (Lipinski definition) is 0. The molecule has 0 aliphatic heterocycles.